The van der Waals surface area contributed by atoms with Crippen LogP contribution in [0.4, 0.5) is 0 Å². The predicted octanol–water partition coefficient (Wildman–Crippen LogP) is 4.54. The predicted molar refractivity (Wildman–Crippen MR) is 127 cm³/mol. The quantitative estimate of drug-likeness (QED) is 0.266. The van der Waals surface area contributed by atoms with E-state index < -0.39 is 0 Å². The lowest BCUT2D eigenvalue weighted by molar-refractivity contribution is -0.137. The van der Waals surface area contributed by atoms with Crippen LogP contribution in [0.5, 0.6) is 0 Å². The molecule has 0 aliphatic rings. The highest BCUT2D eigenvalue weighted by atomic mass is 16.5. The van der Waals surface area contributed by atoms with E-state index in [1.807, 2.05) is 65.5 Å². The zero-order valence-corrected chi connectivity index (χ0v) is 18.6. The first-order valence-corrected chi connectivity index (χ1v) is 11.0. The van der Waals surface area contributed by atoms with Gasteiger partial charge in [-0.1, -0.05) is 59.8 Å². The molecule has 1 unspecified atom stereocenters. The number of nitrogens with zero attached hydrogens (tertiary/aromatic N) is 5. The molecule has 4 rings (SSSR count). The van der Waals surface area contributed by atoms with Gasteiger partial charge in [-0.25, -0.2) is 9.48 Å². The highest BCUT2D eigenvalue weighted by molar-refractivity contribution is 5.81. The van der Waals surface area contributed by atoms with E-state index in [0.29, 0.717) is 26.2 Å². The van der Waals surface area contributed by atoms with Gasteiger partial charge in [0.2, 0.25) is 0 Å². The Morgan fingerprint density at radius 1 is 1.09 bits per heavy atom. The van der Waals surface area contributed by atoms with E-state index in [4.69, 9.17) is 4.74 Å². The topological polar surface area (TPSA) is 73.1 Å². The fourth-order valence-corrected chi connectivity index (χ4v) is 3.82. The lowest BCUT2D eigenvalue weighted by Crippen LogP contribution is -2.31. The summed E-state index contributed by atoms with van der Waals surface area (Å²) in [6, 6.07) is 22.2. The third kappa shape index (κ3) is 5.90. The number of esters is 1. The van der Waals surface area contributed by atoms with Crippen molar-refractivity contribution in [3.63, 3.8) is 0 Å². The summed E-state index contributed by atoms with van der Waals surface area (Å²) in [6.45, 7) is 3.38. The monoisotopic (exact) mass is 441 g/mol. The van der Waals surface area contributed by atoms with Gasteiger partial charge in [0.05, 0.1) is 18.8 Å². The molecule has 0 spiro atoms. The van der Waals surface area contributed by atoms with Crippen LogP contribution < -0.4 is 0 Å². The van der Waals surface area contributed by atoms with Crippen molar-refractivity contribution in [1.82, 2.24) is 24.9 Å². The molecule has 1 atom stereocenters. The second-order valence-electron chi connectivity index (χ2n) is 7.64. The van der Waals surface area contributed by atoms with Crippen molar-refractivity contribution in [2.45, 2.75) is 32.6 Å². The Morgan fingerprint density at radius 3 is 2.70 bits per heavy atom. The van der Waals surface area contributed by atoms with E-state index in [1.54, 1.807) is 13.1 Å². The maximum Gasteiger partial charge on any atom is 0.330 e. The number of benzene rings is 2. The first kappa shape index (κ1) is 22.4. The maximum absolute atomic E-state index is 11.9. The summed E-state index contributed by atoms with van der Waals surface area (Å²) in [5.74, 6) is -0.334. The minimum atomic E-state index is -0.334. The molecule has 2 aromatic carbocycles. The molecular weight excluding hydrogens is 414 g/mol. The Bertz CT molecular complexity index is 1190. The molecule has 4 aromatic rings. The summed E-state index contributed by atoms with van der Waals surface area (Å²) in [5.41, 5.74) is 4.08. The van der Waals surface area contributed by atoms with Crippen molar-refractivity contribution in [3.8, 4) is 0 Å². The number of carbonyl (C=O) groups excluding carboxylic acids is 1. The Balaban J connectivity index is 1.67. The number of hydrogen-bond donors (Lipinski definition) is 0. The summed E-state index contributed by atoms with van der Waals surface area (Å²) >= 11 is 0. The molecular formula is C26H27N5O2. The number of para-hydroxylation sites is 1. The molecule has 0 bridgehead atoms. The molecule has 0 saturated carbocycles. The minimum Gasteiger partial charge on any atom is -0.463 e. The number of rotatable bonds is 10. The molecule has 0 fully saturated rings. The molecule has 7 heteroatoms. The van der Waals surface area contributed by atoms with Gasteiger partial charge in [0.1, 0.15) is 5.52 Å². The lowest BCUT2D eigenvalue weighted by atomic mass is 10.0. The SMILES string of the molecule is CCOC(=O)/C=C/CC(c1cccnc1)N(Cc1ccccc1)Cn1nnc2ccccc21. The molecule has 0 aliphatic carbocycles. The number of pyridine rings is 1. The number of ether oxygens (including phenoxy) is 1. The molecule has 168 valence electrons. The number of carbonyl (C=O) groups is 1. The van der Waals surface area contributed by atoms with Crippen molar-refractivity contribution in [2.75, 3.05) is 6.61 Å². The van der Waals surface area contributed by atoms with E-state index in [0.717, 1.165) is 16.6 Å². The van der Waals surface area contributed by atoms with Gasteiger partial charge in [-0.3, -0.25) is 9.88 Å². The second kappa shape index (κ2) is 11.2. The van der Waals surface area contributed by atoms with Crippen molar-refractivity contribution in [2.24, 2.45) is 0 Å². The molecule has 0 N–H and O–H groups in total. The molecule has 0 saturated heterocycles. The summed E-state index contributed by atoms with van der Waals surface area (Å²) in [4.78, 5) is 18.5. The molecule has 33 heavy (non-hydrogen) atoms. The van der Waals surface area contributed by atoms with Gasteiger partial charge >= 0.3 is 5.97 Å². The van der Waals surface area contributed by atoms with E-state index in [-0.39, 0.29) is 12.0 Å². The van der Waals surface area contributed by atoms with Crippen LogP contribution in [-0.2, 0) is 22.7 Å². The average molecular weight is 442 g/mol. The summed E-state index contributed by atoms with van der Waals surface area (Å²) in [7, 11) is 0. The van der Waals surface area contributed by atoms with E-state index in [1.165, 1.54) is 11.6 Å². The Hall–Kier alpha value is -3.84. The fourth-order valence-electron chi connectivity index (χ4n) is 3.82. The van der Waals surface area contributed by atoms with Crippen LogP contribution in [0, 0.1) is 0 Å². The van der Waals surface area contributed by atoms with Crippen LogP contribution in [0.1, 0.15) is 30.5 Å². The van der Waals surface area contributed by atoms with Crippen molar-refractivity contribution >= 4 is 17.0 Å². The van der Waals surface area contributed by atoms with E-state index in [9.17, 15) is 4.79 Å². The number of hydrogen-bond acceptors (Lipinski definition) is 6. The van der Waals surface area contributed by atoms with Crippen LogP contribution in [0.25, 0.3) is 11.0 Å². The Kier molecular flexibility index (Phi) is 7.56. The first-order valence-electron chi connectivity index (χ1n) is 11.0. The van der Waals surface area contributed by atoms with Gasteiger partial charge in [-0.05, 0) is 42.7 Å². The molecule has 0 amide bonds. The first-order chi connectivity index (χ1) is 16.2. The smallest absolute Gasteiger partial charge is 0.330 e. The highest BCUT2D eigenvalue weighted by Crippen LogP contribution is 2.27. The third-order valence-electron chi connectivity index (χ3n) is 5.37. The molecule has 7 nitrogen and oxygen atoms in total. The minimum absolute atomic E-state index is 0.0347. The Morgan fingerprint density at radius 2 is 1.91 bits per heavy atom. The van der Waals surface area contributed by atoms with Crippen LogP contribution in [0.2, 0.25) is 0 Å². The fraction of sp³-hybridized carbons (Fsp3) is 0.231. The zero-order valence-electron chi connectivity index (χ0n) is 18.6. The highest BCUT2D eigenvalue weighted by Gasteiger charge is 2.22. The van der Waals surface area contributed by atoms with Crippen LogP contribution >= 0.6 is 0 Å². The normalized spacial score (nSPS) is 12.4. The van der Waals surface area contributed by atoms with Gasteiger partial charge in [0, 0.05) is 31.1 Å². The van der Waals surface area contributed by atoms with Gasteiger partial charge in [0.25, 0.3) is 0 Å². The van der Waals surface area contributed by atoms with Crippen LogP contribution in [-0.4, -0.2) is 37.5 Å². The zero-order chi connectivity index (χ0) is 22.9. The van der Waals surface area contributed by atoms with Crippen LogP contribution in [0.15, 0.2) is 91.3 Å². The maximum atomic E-state index is 11.9. The molecule has 0 aliphatic heterocycles. The van der Waals surface area contributed by atoms with Gasteiger partial charge < -0.3 is 4.74 Å². The molecule has 0 radical (unpaired) electrons. The van der Waals surface area contributed by atoms with Gasteiger partial charge in [-0.15, -0.1) is 5.10 Å². The van der Waals surface area contributed by atoms with Crippen molar-refractivity contribution in [1.29, 1.82) is 0 Å². The summed E-state index contributed by atoms with van der Waals surface area (Å²) < 4.78 is 6.96. The van der Waals surface area contributed by atoms with Gasteiger partial charge in [-0.2, -0.15) is 0 Å². The van der Waals surface area contributed by atoms with Crippen molar-refractivity contribution in [3.05, 3.63) is 102 Å². The number of fused-ring (bicyclic) bond motifs is 1. The summed E-state index contributed by atoms with van der Waals surface area (Å²) in [5, 5.41) is 8.72. The molecule has 2 aromatic heterocycles. The average Bonchev–Trinajstić information content (AvgIpc) is 3.26. The van der Waals surface area contributed by atoms with E-state index >= 15 is 0 Å². The van der Waals surface area contributed by atoms with E-state index in [2.05, 4.69) is 38.4 Å². The number of aromatic nitrogens is 4. The second-order valence-corrected chi connectivity index (χ2v) is 7.64. The van der Waals surface area contributed by atoms with Gasteiger partial charge in [0.15, 0.2) is 0 Å². The lowest BCUT2D eigenvalue weighted by Gasteiger charge is -2.31. The van der Waals surface area contributed by atoms with Crippen LogP contribution in [0.3, 0.4) is 0 Å². The molecule has 2 heterocycles. The Labute approximate surface area is 193 Å². The third-order valence-corrected chi connectivity index (χ3v) is 5.37. The largest absolute Gasteiger partial charge is 0.463 e. The van der Waals surface area contributed by atoms with Crippen molar-refractivity contribution < 1.29 is 9.53 Å². The standard InChI is InChI=1S/C26H27N5O2/c1-2-33-26(32)16-8-15-24(22-12-9-17-27-18-22)30(19-21-10-4-3-5-11-21)20-31-25-14-7-6-13-23(25)28-29-31/h3-14,16-18,24H,2,15,19-20H2,1H3/b16-8+. The summed E-state index contributed by atoms with van der Waals surface area (Å²) in [6.07, 6.45) is 7.62.